The van der Waals surface area contributed by atoms with Gasteiger partial charge in [-0.3, -0.25) is 4.90 Å². The summed E-state index contributed by atoms with van der Waals surface area (Å²) in [6, 6.07) is 2.39. The predicted octanol–water partition coefficient (Wildman–Crippen LogP) is 3.60. The highest BCUT2D eigenvalue weighted by molar-refractivity contribution is 5.75. The van der Waals surface area contributed by atoms with E-state index in [4.69, 9.17) is 4.74 Å². The van der Waals surface area contributed by atoms with Crippen LogP contribution in [0.5, 0.6) is 0 Å². The van der Waals surface area contributed by atoms with Crippen molar-refractivity contribution in [3.8, 4) is 0 Å². The maximum Gasteiger partial charge on any atom is 0.411 e. The third-order valence-electron chi connectivity index (χ3n) is 3.52. The van der Waals surface area contributed by atoms with E-state index in [1.165, 1.54) is 11.0 Å². The molecule has 0 spiro atoms. The van der Waals surface area contributed by atoms with Gasteiger partial charge in [0, 0.05) is 0 Å². The van der Waals surface area contributed by atoms with Crippen molar-refractivity contribution in [1.29, 1.82) is 0 Å². The second-order valence-electron chi connectivity index (χ2n) is 6.36. The van der Waals surface area contributed by atoms with Crippen LogP contribution in [0.25, 0.3) is 0 Å². The van der Waals surface area contributed by atoms with E-state index >= 15 is 0 Å². The maximum atomic E-state index is 13.4. The lowest BCUT2D eigenvalue weighted by atomic mass is 10.0. The number of rotatable bonds is 2. The van der Waals surface area contributed by atoms with Crippen LogP contribution in [-0.4, -0.2) is 28.9 Å². The van der Waals surface area contributed by atoms with Crippen molar-refractivity contribution in [2.45, 2.75) is 51.3 Å². The van der Waals surface area contributed by atoms with Crippen LogP contribution in [0.15, 0.2) is 18.2 Å². The highest BCUT2D eigenvalue weighted by Crippen LogP contribution is 2.37. The number of amides is 1. The average molecular weight is 311 g/mol. The van der Waals surface area contributed by atoms with Gasteiger partial charge in [0.2, 0.25) is 0 Å². The first-order valence-electron chi connectivity index (χ1n) is 7.14. The molecule has 2 atom stereocenters. The molecule has 1 fully saturated rings. The van der Waals surface area contributed by atoms with Gasteiger partial charge in [-0.25, -0.2) is 13.6 Å². The molecule has 0 saturated carbocycles. The van der Waals surface area contributed by atoms with E-state index in [0.29, 0.717) is 24.7 Å². The normalized spacial score (nSPS) is 21.8. The molecule has 1 amide bonds. The van der Waals surface area contributed by atoms with Crippen molar-refractivity contribution < 1.29 is 23.1 Å². The molecule has 1 saturated heterocycles. The van der Waals surface area contributed by atoms with Crippen LogP contribution in [0, 0.1) is 11.6 Å². The van der Waals surface area contributed by atoms with Gasteiger partial charge in [0.15, 0.2) is 11.6 Å². The van der Waals surface area contributed by atoms with Gasteiger partial charge >= 0.3 is 6.09 Å². The molecule has 0 radical (unpaired) electrons. The Balaban J connectivity index is 2.31. The van der Waals surface area contributed by atoms with E-state index in [2.05, 4.69) is 0 Å². The van der Waals surface area contributed by atoms with E-state index in [-0.39, 0.29) is 0 Å². The van der Waals surface area contributed by atoms with Crippen LogP contribution in [0.1, 0.15) is 45.2 Å². The molecule has 120 valence electrons. The molecule has 0 aromatic heterocycles. The molecule has 1 heterocycles. The maximum absolute atomic E-state index is 13.4. The number of benzene rings is 1. The molecule has 4 nitrogen and oxygen atoms in total. The lowest BCUT2D eigenvalue weighted by molar-refractivity contribution is -0.112. The SMILES string of the molecule is CC(C)(C)OC(=O)N1[C@@H](C=O)CC[C@H]1c1ccc(F)c(F)c1. The molecule has 1 aliphatic rings. The summed E-state index contributed by atoms with van der Waals surface area (Å²) in [7, 11) is 0. The van der Waals surface area contributed by atoms with Gasteiger partial charge in [0.1, 0.15) is 11.9 Å². The first-order valence-corrected chi connectivity index (χ1v) is 7.14. The average Bonchev–Trinajstić information content (AvgIpc) is 2.84. The Morgan fingerprint density at radius 2 is 1.95 bits per heavy atom. The zero-order chi connectivity index (χ0) is 16.5. The fourth-order valence-corrected chi connectivity index (χ4v) is 2.60. The first-order chi connectivity index (χ1) is 10.2. The fraction of sp³-hybridized carbons (Fsp3) is 0.500. The molecule has 0 unspecified atom stereocenters. The second kappa shape index (κ2) is 6.02. The van der Waals surface area contributed by atoms with E-state index in [0.717, 1.165) is 12.1 Å². The molecule has 0 N–H and O–H groups in total. The molecule has 1 aliphatic heterocycles. The van der Waals surface area contributed by atoms with Crippen molar-refractivity contribution in [2.75, 3.05) is 0 Å². The number of halogens is 2. The Morgan fingerprint density at radius 1 is 1.27 bits per heavy atom. The lowest BCUT2D eigenvalue weighted by Crippen LogP contribution is -2.41. The number of carbonyl (C=O) groups is 2. The van der Waals surface area contributed by atoms with Crippen LogP contribution in [0.3, 0.4) is 0 Å². The number of nitrogens with zero attached hydrogens (tertiary/aromatic N) is 1. The molecule has 6 heteroatoms. The van der Waals surface area contributed by atoms with Crippen LogP contribution in [0.2, 0.25) is 0 Å². The predicted molar refractivity (Wildman–Crippen MR) is 76.3 cm³/mol. The Bertz CT molecular complexity index is 583. The number of hydrogen-bond donors (Lipinski definition) is 0. The number of carbonyl (C=O) groups excluding carboxylic acids is 2. The van der Waals surface area contributed by atoms with Gasteiger partial charge in [0.25, 0.3) is 0 Å². The molecule has 1 aromatic carbocycles. The number of aldehydes is 1. The van der Waals surface area contributed by atoms with Crippen LogP contribution in [0.4, 0.5) is 13.6 Å². The minimum Gasteiger partial charge on any atom is -0.444 e. The van der Waals surface area contributed by atoms with E-state index in [1.54, 1.807) is 20.8 Å². The zero-order valence-electron chi connectivity index (χ0n) is 12.8. The van der Waals surface area contributed by atoms with Crippen molar-refractivity contribution in [3.63, 3.8) is 0 Å². The minimum absolute atomic E-state index is 0.453. The van der Waals surface area contributed by atoms with Crippen LogP contribution >= 0.6 is 0 Å². The summed E-state index contributed by atoms with van der Waals surface area (Å²) in [5.41, 5.74) is -0.250. The first kappa shape index (κ1) is 16.4. The van der Waals surface area contributed by atoms with Crippen molar-refractivity contribution in [3.05, 3.63) is 35.4 Å². The summed E-state index contributed by atoms with van der Waals surface area (Å²) in [5, 5.41) is 0. The standard InChI is InChI=1S/C16H19F2NO3/c1-16(2,3)22-15(21)19-11(9-20)5-7-14(19)10-4-6-12(17)13(18)8-10/h4,6,8-9,11,14H,5,7H2,1-3H3/t11-,14+/m1/s1. The third kappa shape index (κ3) is 3.43. The summed E-state index contributed by atoms with van der Waals surface area (Å²) >= 11 is 0. The smallest absolute Gasteiger partial charge is 0.411 e. The molecule has 0 bridgehead atoms. The summed E-state index contributed by atoms with van der Waals surface area (Å²) < 4.78 is 31.8. The molecular formula is C16H19F2NO3. The molecule has 2 rings (SSSR count). The van der Waals surface area contributed by atoms with Gasteiger partial charge in [-0.2, -0.15) is 0 Å². The largest absolute Gasteiger partial charge is 0.444 e. The van der Waals surface area contributed by atoms with Gasteiger partial charge in [-0.05, 0) is 51.3 Å². The number of likely N-dealkylation sites (tertiary alicyclic amines) is 1. The van der Waals surface area contributed by atoms with Crippen LogP contribution < -0.4 is 0 Å². The second-order valence-corrected chi connectivity index (χ2v) is 6.36. The van der Waals surface area contributed by atoms with Gasteiger partial charge < -0.3 is 9.53 Å². The van der Waals surface area contributed by atoms with Crippen molar-refractivity contribution in [2.24, 2.45) is 0 Å². The lowest BCUT2D eigenvalue weighted by Gasteiger charge is -2.31. The Hall–Kier alpha value is -1.98. The Labute approximate surface area is 128 Å². The zero-order valence-corrected chi connectivity index (χ0v) is 12.8. The Morgan fingerprint density at radius 3 is 2.50 bits per heavy atom. The monoisotopic (exact) mass is 311 g/mol. The van der Waals surface area contributed by atoms with Gasteiger partial charge in [-0.1, -0.05) is 6.07 Å². The van der Waals surface area contributed by atoms with Gasteiger partial charge in [-0.15, -0.1) is 0 Å². The number of ether oxygens (including phenoxy) is 1. The quantitative estimate of drug-likeness (QED) is 0.784. The topological polar surface area (TPSA) is 46.6 Å². The fourth-order valence-electron chi connectivity index (χ4n) is 2.60. The third-order valence-corrected chi connectivity index (χ3v) is 3.52. The summed E-state index contributed by atoms with van der Waals surface area (Å²) in [4.78, 5) is 24.9. The van der Waals surface area contributed by atoms with Crippen LogP contribution in [-0.2, 0) is 9.53 Å². The highest BCUT2D eigenvalue weighted by Gasteiger charge is 2.40. The minimum atomic E-state index is -0.976. The van der Waals surface area contributed by atoms with Crippen molar-refractivity contribution >= 4 is 12.4 Å². The Kier molecular flexibility index (Phi) is 4.49. The van der Waals surface area contributed by atoms with Crippen molar-refractivity contribution in [1.82, 2.24) is 4.90 Å². The summed E-state index contributed by atoms with van der Waals surface area (Å²) in [6.45, 7) is 5.18. The van der Waals surface area contributed by atoms with E-state index < -0.39 is 35.4 Å². The van der Waals surface area contributed by atoms with E-state index in [1.807, 2.05) is 0 Å². The highest BCUT2D eigenvalue weighted by atomic mass is 19.2. The number of hydrogen-bond acceptors (Lipinski definition) is 3. The molecule has 0 aliphatic carbocycles. The van der Waals surface area contributed by atoms with E-state index in [9.17, 15) is 18.4 Å². The summed E-state index contributed by atoms with van der Waals surface area (Å²) in [5.74, 6) is -1.92. The molecule has 1 aromatic rings. The molecular weight excluding hydrogens is 292 g/mol. The van der Waals surface area contributed by atoms with Gasteiger partial charge in [0.05, 0.1) is 12.1 Å². The summed E-state index contributed by atoms with van der Waals surface area (Å²) in [6.07, 6.45) is 1.01. The molecule has 22 heavy (non-hydrogen) atoms.